The number of rotatable bonds is 3. The quantitative estimate of drug-likeness (QED) is 0.614. The van der Waals surface area contributed by atoms with Gasteiger partial charge in [0.2, 0.25) is 5.78 Å². The predicted octanol–water partition coefficient (Wildman–Crippen LogP) is 4.29. The second kappa shape index (κ2) is 4.97. The van der Waals surface area contributed by atoms with Crippen LogP contribution >= 0.6 is 31.9 Å². The van der Waals surface area contributed by atoms with Gasteiger partial charge in [-0.05, 0) is 24.3 Å². The zero-order valence-corrected chi connectivity index (χ0v) is 11.4. The number of furan rings is 1. The molecule has 1 aromatic carbocycles. The van der Waals surface area contributed by atoms with Crippen molar-refractivity contribution < 1.29 is 9.21 Å². The third-order valence-electron chi connectivity index (χ3n) is 2.13. The van der Waals surface area contributed by atoms with E-state index >= 15 is 0 Å². The summed E-state index contributed by atoms with van der Waals surface area (Å²) in [6.45, 7) is 0. The number of carbonyl (C=O) groups is 1. The monoisotopic (exact) mass is 342 g/mol. The first-order valence-electron chi connectivity index (χ1n) is 4.65. The molecule has 0 fully saturated rings. The second-order valence-electron chi connectivity index (χ2n) is 3.23. The number of hydrogen-bond acceptors (Lipinski definition) is 2. The van der Waals surface area contributed by atoms with Gasteiger partial charge in [0, 0.05) is 10.0 Å². The molecule has 16 heavy (non-hydrogen) atoms. The summed E-state index contributed by atoms with van der Waals surface area (Å²) < 4.78 is 6.48. The molecule has 4 heteroatoms. The fourth-order valence-electron chi connectivity index (χ4n) is 1.32. The van der Waals surface area contributed by atoms with E-state index in [0.29, 0.717) is 11.5 Å². The van der Waals surface area contributed by atoms with Crippen LogP contribution in [0.4, 0.5) is 0 Å². The Labute approximate surface area is 110 Å². The summed E-state index contributed by atoms with van der Waals surface area (Å²) in [5, 5.41) is 0.278. The standard InChI is InChI=1S/C12H8Br2O2/c13-7-10(15)12-6-5-11(16-12)8-1-3-9(14)4-2-8/h1-6H,7H2. The lowest BCUT2D eigenvalue weighted by molar-refractivity contribution is 0.0994. The lowest BCUT2D eigenvalue weighted by Gasteiger charge is -1.96. The summed E-state index contributed by atoms with van der Waals surface area (Å²) in [6.07, 6.45) is 0. The highest BCUT2D eigenvalue weighted by Crippen LogP contribution is 2.24. The molecule has 0 saturated heterocycles. The number of Topliss-reactive ketones (excluding diaryl/α,β-unsaturated/α-hetero) is 1. The van der Waals surface area contributed by atoms with E-state index in [1.165, 1.54) is 0 Å². The van der Waals surface area contributed by atoms with Crippen LogP contribution in [0, 0.1) is 0 Å². The fourth-order valence-corrected chi connectivity index (χ4v) is 1.86. The van der Waals surface area contributed by atoms with Gasteiger partial charge in [0.1, 0.15) is 5.76 Å². The molecule has 0 saturated carbocycles. The molecule has 1 heterocycles. The molecule has 0 aliphatic rings. The van der Waals surface area contributed by atoms with Crippen LogP contribution in [0.2, 0.25) is 0 Å². The Kier molecular flexibility index (Phi) is 3.61. The fraction of sp³-hybridized carbons (Fsp3) is 0.0833. The summed E-state index contributed by atoms with van der Waals surface area (Å²) in [4.78, 5) is 11.4. The van der Waals surface area contributed by atoms with Crippen LogP contribution in [-0.4, -0.2) is 11.1 Å². The maximum absolute atomic E-state index is 11.4. The van der Waals surface area contributed by atoms with Crippen molar-refractivity contribution in [3.8, 4) is 11.3 Å². The average molecular weight is 344 g/mol. The lowest BCUT2D eigenvalue weighted by Crippen LogP contribution is -1.96. The van der Waals surface area contributed by atoms with Gasteiger partial charge >= 0.3 is 0 Å². The van der Waals surface area contributed by atoms with Crippen molar-refractivity contribution in [2.45, 2.75) is 0 Å². The Balaban J connectivity index is 2.31. The van der Waals surface area contributed by atoms with E-state index in [0.717, 1.165) is 10.0 Å². The summed E-state index contributed by atoms with van der Waals surface area (Å²) in [5.41, 5.74) is 0.955. The van der Waals surface area contributed by atoms with Gasteiger partial charge in [0.05, 0.1) is 5.33 Å². The van der Waals surface area contributed by atoms with Crippen molar-refractivity contribution in [3.05, 3.63) is 46.6 Å². The summed E-state index contributed by atoms with van der Waals surface area (Å²) in [6, 6.07) is 11.2. The number of carbonyl (C=O) groups excluding carboxylic acids is 1. The zero-order valence-electron chi connectivity index (χ0n) is 8.24. The summed E-state index contributed by atoms with van der Waals surface area (Å²) in [7, 11) is 0. The molecule has 0 aliphatic heterocycles. The first-order valence-corrected chi connectivity index (χ1v) is 6.57. The Morgan fingerprint density at radius 2 is 1.81 bits per heavy atom. The third-order valence-corrected chi connectivity index (χ3v) is 3.17. The Hall–Kier alpha value is -0.870. The van der Waals surface area contributed by atoms with Crippen molar-refractivity contribution in [2.24, 2.45) is 0 Å². The van der Waals surface area contributed by atoms with Crippen LogP contribution < -0.4 is 0 Å². The van der Waals surface area contributed by atoms with Crippen molar-refractivity contribution in [1.82, 2.24) is 0 Å². The molecule has 0 aliphatic carbocycles. The number of hydrogen-bond donors (Lipinski definition) is 0. The normalized spacial score (nSPS) is 10.4. The van der Waals surface area contributed by atoms with Crippen LogP contribution in [0.15, 0.2) is 45.3 Å². The zero-order chi connectivity index (χ0) is 11.5. The molecule has 2 nitrogen and oxygen atoms in total. The highest BCUT2D eigenvalue weighted by molar-refractivity contribution is 9.10. The lowest BCUT2D eigenvalue weighted by atomic mass is 10.2. The van der Waals surface area contributed by atoms with Crippen LogP contribution in [0.3, 0.4) is 0 Å². The highest BCUT2D eigenvalue weighted by Gasteiger charge is 2.10. The molecule has 0 unspecified atom stereocenters. The van der Waals surface area contributed by atoms with Gasteiger partial charge in [0.25, 0.3) is 0 Å². The summed E-state index contributed by atoms with van der Waals surface area (Å²) >= 11 is 6.48. The molecule has 0 radical (unpaired) electrons. The maximum Gasteiger partial charge on any atom is 0.208 e. The van der Waals surface area contributed by atoms with Crippen molar-refractivity contribution >= 4 is 37.6 Å². The van der Waals surface area contributed by atoms with Crippen molar-refractivity contribution in [1.29, 1.82) is 0 Å². The van der Waals surface area contributed by atoms with Gasteiger partial charge in [-0.2, -0.15) is 0 Å². The number of benzene rings is 1. The molecule has 1 aromatic heterocycles. The molecule has 82 valence electrons. The van der Waals surface area contributed by atoms with Gasteiger partial charge in [-0.15, -0.1) is 0 Å². The molecule has 0 amide bonds. The Morgan fingerprint density at radius 1 is 1.12 bits per heavy atom. The topological polar surface area (TPSA) is 30.2 Å². The number of halogens is 2. The minimum Gasteiger partial charge on any atom is -0.453 e. The van der Waals surface area contributed by atoms with E-state index in [1.54, 1.807) is 12.1 Å². The van der Waals surface area contributed by atoms with Crippen molar-refractivity contribution in [3.63, 3.8) is 0 Å². The van der Waals surface area contributed by atoms with Crippen LogP contribution in [0.1, 0.15) is 10.6 Å². The van der Waals surface area contributed by atoms with Gasteiger partial charge in [0.15, 0.2) is 5.76 Å². The van der Waals surface area contributed by atoms with E-state index in [9.17, 15) is 4.79 Å². The summed E-state index contributed by atoms with van der Waals surface area (Å²) in [5.74, 6) is 1.04. The van der Waals surface area contributed by atoms with Crippen LogP contribution in [0.25, 0.3) is 11.3 Å². The Morgan fingerprint density at radius 3 is 2.44 bits per heavy atom. The Bertz CT molecular complexity index is 500. The van der Waals surface area contributed by atoms with E-state index in [-0.39, 0.29) is 11.1 Å². The minimum atomic E-state index is -0.0524. The highest BCUT2D eigenvalue weighted by atomic mass is 79.9. The molecular weight excluding hydrogens is 336 g/mol. The van der Waals surface area contributed by atoms with Crippen LogP contribution in [-0.2, 0) is 0 Å². The van der Waals surface area contributed by atoms with Gasteiger partial charge in [-0.25, -0.2) is 0 Å². The first kappa shape index (κ1) is 11.6. The largest absolute Gasteiger partial charge is 0.453 e. The minimum absolute atomic E-state index is 0.0524. The third kappa shape index (κ3) is 2.44. The SMILES string of the molecule is O=C(CBr)c1ccc(-c2ccc(Br)cc2)o1. The molecule has 2 rings (SSSR count). The van der Waals surface area contributed by atoms with E-state index in [2.05, 4.69) is 31.9 Å². The number of alkyl halides is 1. The van der Waals surface area contributed by atoms with Crippen LogP contribution in [0.5, 0.6) is 0 Å². The average Bonchev–Trinajstić information content (AvgIpc) is 2.78. The van der Waals surface area contributed by atoms with Gasteiger partial charge in [-0.3, -0.25) is 4.79 Å². The van der Waals surface area contributed by atoms with E-state index in [1.807, 2.05) is 24.3 Å². The second-order valence-corrected chi connectivity index (χ2v) is 4.70. The van der Waals surface area contributed by atoms with E-state index < -0.39 is 0 Å². The molecular formula is C12H8Br2O2. The number of ketones is 1. The van der Waals surface area contributed by atoms with Gasteiger partial charge < -0.3 is 4.42 Å². The molecule has 0 spiro atoms. The maximum atomic E-state index is 11.4. The molecule has 0 bridgehead atoms. The van der Waals surface area contributed by atoms with E-state index in [4.69, 9.17) is 4.42 Å². The van der Waals surface area contributed by atoms with Crippen molar-refractivity contribution in [2.75, 3.05) is 5.33 Å². The smallest absolute Gasteiger partial charge is 0.208 e. The molecule has 2 aromatic rings. The first-order chi connectivity index (χ1) is 7.70. The molecule has 0 atom stereocenters. The van der Waals surface area contributed by atoms with Gasteiger partial charge in [-0.1, -0.05) is 44.0 Å². The predicted molar refractivity (Wildman–Crippen MR) is 70.0 cm³/mol. The molecule has 0 N–H and O–H groups in total.